The molecule has 116 valence electrons. The van der Waals surface area contributed by atoms with Crippen LogP contribution < -0.4 is 5.32 Å². The number of nitrogens with one attached hydrogen (secondary N) is 1. The number of carbonyl (C=O) groups is 1. The molecule has 0 aliphatic heterocycles. The molecule has 0 spiro atoms. The maximum absolute atomic E-state index is 12.8. The Kier molecular flexibility index (Phi) is 6.41. The number of carbonyl (C=O) groups excluding carboxylic acids is 1. The van der Waals surface area contributed by atoms with Gasteiger partial charge in [-0.25, -0.2) is 4.39 Å². The van der Waals surface area contributed by atoms with E-state index in [2.05, 4.69) is 5.32 Å². The molecule has 4 heteroatoms. The summed E-state index contributed by atoms with van der Waals surface area (Å²) in [6.45, 7) is 0.658. The summed E-state index contributed by atoms with van der Waals surface area (Å²) in [7, 11) is 0. The van der Waals surface area contributed by atoms with E-state index in [0.29, 0.717) is 19.4 Å². The molecule has 0 bridgehead atoms. The topological polar surface area (TPSA) is 29.1 Å². The summed E-state index contributed by atoms with van der Waals surface area (Å²) in [4.78, 5) is 11.7. The van der Waals surface area contributed by atoms with Gasteiger partial charge in [-0.3, -0.25) is 4.79 Å². The van der Waals surface area contributed by atoms with E-state index in [4.69, 9.17) is 11.6 Å². The van der Waals surface area contributed by atoms with Crippen molar-refractivity contribution in [3.63, 3.8) is 0 Å². The fraction of sp³-hybridized carbons (Fsp3) is 0.278. The highest BCUT2D eigenvalue weighted by Gasteiger charge is 2.02. The average Bonchev–Trinajstić information content (AvgIpc) is 2.53. The molecule has 1 amide bonds. The molecule has 0 saturated carbocycles. The van der Waals surface area contributed by atoms with Gasteiger partial charge in [0.15, 0.2) is 0 Å². The molecular weight excluding hydrogens is 301 g/mol. The molecule has 0 fully saturated rings. The third-order valence-corrected chi connectivity index (χ3v) is 3.68. The minimum atomic E-state index is -0.254. The van der Waals surface area contributed by atoms with E-state index in [9.17, 15) is 9.18 Å². The smallest absolute Gasteiger partial charge is 0.220 e. The van der Waals surface area contributed by atoms with Gasteiger partial charge in [0.2, 0.25) is 5.91 Å². The molecule has 0 heterocycles. The van der Waals surface area contributed by atoms with Crippen molar-refractivity contribution in [3.8, 4) is 0 Å². The van der Waals surface area contributed by atoms with Crippen LogP contribution in [0.3, 0.4) is 0 Å². The maximum Gasteiger partial charge on any atom is 0.220 e. The zero-order valence-electron chi connectivity index (χ0n) is 12.3. The van der Waals surface area contributed by atoms with Gasteiger partial charge in [0.25, 0.3) is 0 Å². The molecule has 0 aromatic heterocycles. The fourth-order valence-electron chi connectivity index (χ4n) is 2.17. The maximum atomic E-state index is 12.8. The summed E-state index contributed by atoms with van der Waals surface area (Å²) in [6.07, 6.45) is 2.86. The summed E-state index contributed by atoms with van der Waals surface area (Å²) in [5.74, 6) is -0.226. The second-order valence-corrected chi connectivity index (χ2v) is 5.64. The summed E-state index contributed by atoms with van der Waals surface area (Å²) in [5, 5.41) is 3.64. The molecule has 2 aromatic carbocycles. The minimum absolute atomic E-state index is 0.0282. The highest BCUT2D eigenvalue weighted by molar-refractivity contribution is 6.30. The monoisotopic (exact) mass is 319 g/mol. The van der Waals surface area contributed by atoms with Gasteiger partial charge in [0, 0.05) is 18.0 Å². The second kappa shape index (κ2) is 8.54. The van der Waals surface area contributed by atoms with Crippen LogP contribution in [0.5, 0.6) is 0 Å². The molecule has 0 aliphatic rings. The Balaban J connectivity index is 1.61. The van der Waals surface area contributed by atoms with E-state index in [1.54, 1.807) is 12.1 Å². The van der Waals surface area contributed by atoms with Crippen molar-refractivity contribution in [1.82, 2.24) is 5.32 Å². The molecule has 0 radical (unpaired) electrons. The van der Waals surface area contributed by atoms with Crippen molar-refractivity contribution >= 4 is 17.5 Å². The zero-order chi connectivity index (χ0) is 15.8. The number of rotatable bonds is 7. The van der Waals surface area contributed by atoms with Crippen molar-refractivity contribution in [3.05, 3.63) is 70.5 Å². The third-order valence-electron chi connectivity index (χ3n) is 3.43. The van der Waals surface area contributed by atoms with Crippen LogP contribution in [0.4, 0.5) is 4.39 Å². The van der Waals surface area contributed by atoms with Crippen LogP contribution in [0.2, 0.25) is 5.02 Å². The van der Waals surface area contributed by atoms with Gasteiger partial charge in [-0.15, -0.1) is 0 Å². The lowest BCUT2D eigenvalue weighted by Gasteiger charge is -2.06. The molecular formula is C18H19ClFNO. The summed E-state index contributed by atoms with van der Waals surface area (Å²) in [6, 6.07) is 14.0. The van der Waals surface area contributed by atoms with Crippen molar-refractivity contribution in [2.24, 2.45) is 0 Å². The van der Waals surface area contributed by atoms with Crippen LogP contribution >= 0.6 is 11.6 Å². The van der Waals surface area contributed by atoms with Crippen LogP contribution in [-0.2, 0) is 17.6 Å². The van der Waals surface area contributed by atoms with Gasteiger partial charge >= 0.3 is 0 Å². The van der Waals surface area contributed by atoms with Crippen molar-refractivity contribution in [1.29, 1.82) is 0 Å². The normalized spacial score (nSPS) is 10.5. The molecule has 0 atom stereocenters. The van der Waals surface area contributed by atoms with E-state index in [1.807, 2.05) is 24.3 Å². The Labute approximate surface area is 135 Å². The number of halogens is 2. The average molecular weight is 320 g/mol. The van der Waals surface area contributed by atoms with E-state index >= 15 is 0 Å². The predicted octanol–water partition coefficient (Wildman–Crippen LogP) is 4.16. The number of benzene rings is 2. The lowest BCUT2D eigenvalue weighted by molar-refractivity contribution is -0.121. The molecule has 0 saturated heterocycles. The van der Waals surface area contributed by atoms with Gasteiger partial charge in [0.1, 0.15) is 5.82 Å². The van der Waals surface area contributed by atoms with E-state index in [-0.39, 0.29) is 11.7 Å². The first-order valence-corrected chi connectivity index (χ1v) is 7.77. The van der Waals surface area contributed by atoms with Crippen molar-refractivity contribution in [2.45, 2.75) is 25.7 Å². The zero-order valence-corrected chi connectivity index (χ0v) is 13.1. The molecule has 22 heavy (non-hydrogen) atoms. The third kappa shape index (κ3) is 5.86. The SMILES string of the molecule is O=C(CCc1ccc(F)cc1)NCCCc1ccc(Cl)cc1. The molecule has 0 aliphatic carbocycles. The van der Waals surface area contributed by atoms with E-state index in [1.165, 1.54) is 17.7 Å². The summed E-state index contributed by atoms with van der Waals surface area (Å²) >= 11 is 5.83. The molecule has 2 aromatic rings. The van der Waals surface area contributed by atoms with Gasteiger partial charge in [0.05, 0.1) is 0 Å². The Morgan fingerprint density at radius 1 is 0.955 bits per heavy atom. The van der Waals surface area contributed by atoms with Gasteiger partial charge in [-0.1, -0.05) is 35.9 Å². The van der Waals surface area contributed by atoms with Crippen LogP contribution in [-0.4, -0.2) is 12.5 Å². The molecule has 2 rings (SSSR count). The molecule has 0 unspecified atom stereocenters. The van der Waals surface area contributed by atoms with E-state index in [0.717, 1.165) is 23.4 Å². The lowest BCUT2D eigenvalue weighted by atomic mass is 10.1. The van der Waals surface area contributed by atoms with Crippen molar-refractivity contribution < 1.29 is 9.18 Å². The largest absolute Gasteiger partial charge is 0.356 e. The first kappa shape index (κ1) is 16.5. The lowest BCUT2D eigenvalue weighted by Crippen LogP contribution is -2.24. The highest BCUT2D eigenvalue weighted by Crippen LogP contribution is 2.10. The summed E-state index contributed by atoms with van der Waals surface area (Å²) < 4.78 is 12.8. The van der Waals surface area contributed by atoms with Crippen LogP contribution in [0.1, 0.15) is 24.0 Å². The Morgan fingerprint density at radius 3 is 2.23 bits per heavy atom. The van der Waals surface area contributed by atoms with Gasteiger partial charge in [-0.2, -0.15) is 0 Å². The fourth-order valence-corrected chi connectivity index (χ4v) is 2.29. The van der Waals surface area contributed by atoms with Crippen molar-refractivity contribution in [2.75, 3.05) is 6.54 Å². The molecule has 2 nitrogen and oxygen atoms in total. The number of hydrogen-bond donors (Lipinski definition) is 1. The number of aryl methyl sites for hydroxylation is 2. The first-order valence-electron chi connectivity index (χ1n) is 7.39. The summed E-state index contributed by atoms with van der Waals surface area (Å²) in [5.41, 5.74) is 2.18. The Bertz CT molecular complexity index is 595. The minimum Gasteiger partial charge on any atom is -0.356 e. The quantitative estimate of drug-likeness (QED) is 0.763. The highest BCUT2D eigenvalue weighted by atomic mass is 35.5. The van der Waals surface area contributed by atoms with Crippen LogP contribution in [0.25, 0.3) is 0 Å². The number of hydrogen-bond acceptors (Lipinski definition) is 1. The standard InChI is InChI=1S/C18H19ClFNO/c19-16-8-3-14(4-9-16)2-1-13-21-18(22)12-7-15-5-10-17(20)11-6-15/h3-6,8-11H,1-2,7,12-13H2,(H,21,22). The Hall–Kier alpha value is -1.87. The first-order chi connectivity index (χ1) is 10.6. The van der Waals surface area contributed by atoms with E-state index < -0.39 is 0 Å². The molecule has 1 N–H and O–H groups in total. The Morgan fingerprint density at radius 2 is 1.55 bits per heavy atom. The predicted molar refractivity (Wildman–Crippen MR) is 87.5 cm³/mol. The van der Waals surface area contributed by atoms with Crippen LogP contribution in [0.15, 0.2) is 48.5 Å². The van der Waals surface area contributed by atoms with Gasteiger partial charge in [-0.05, 0) is 54.7 Å². The second-order valence-electron chi connectivity index (χ2n) is 5.21. The van der Waals surface area contributed by atoms with Crippen LogP contribution in [0, 0.1) is 5.82 Å². The van der Waals surface area contributed by atoms with Gasteiger partial charge < -0.3 is 5.32 Å². The number of amides is 1.